The number of anilines is 1. The van der Waals surface area contributed by atoms with Gasteiger partial charge in [-0.1, -0.05) is 0 Å². The SMILES string of the molecule is CNCC1CCCN(c2n[nH]c(C(C)(C)S(C)(=O)=O)n2)C1. The van der Waals surface area contributed by atoms with E-state index in [0.717, 1.165) is 26.1 Å². The van der Waals surface area contributed by atoms with E-state index in [2.05, 4.69) is 25.4 Å². The van der Waals surface area contributed by atoms with Crippen LogP contribution >= 0.6 is 0 Å². The Morgan fingerprint density at radius 2 is 2.19 bits per heavy atom. The van der Waals surface area contributed by atoms with Crippen molar-refractivity contribution in [3.63, 3.8) is 0 Å². The van der Waals surface area contributed by atoms with Crippen molar-refractivity contribution >= 4 is 15.8 Å². The Kier molecular flexibility index (Phi) is 4.57. The zero-order valence-corrected chi connectivity index (χ0v) is 14.0. The Morgan fingerprint density at radius 3 is 2.81 bits per heavy atom. The molecule has 0 bridgehead atoms. The molecule has 2 N–H and O–H groups in total. The molecule has 0 aliphatic carbocycles. The summed E-state index contributed by atoms with van der Waals surface area (Å²) in [5, 5.41) is 10.2. The van der Waals surface area contributed by atoms with Gasteiger partial charge in [0.15, 0.2) is 9.84 Å². The van der Waals surface area contributed by atoms with Crippen molar-refractivity contribution in [1.82, 2.24) is 20.5 Å². The minimum absolute atomic E-state index is 0.399. The third-order valence-corrected chi connectivity index (χ3v) is 6.31. The Hall–Kier alpha value is -1.15. The summed E-state index contributed by atoms with van der Waals surface area (Å²) >= 11 is 0. The lowest BCUT2D eigenvalue weighted by atomic mass is 9.98. The van der Waals surface area contributed by atoms with Crippen LogP contribution in [0.3, 0.4) is 0 Å². The van der Waals surface area contributed by atoms with E-state index in [1.165, 1.54) is 12.7 Å². The molecular formula is C13H25N5O2S. The van der Waals surface area contributed by atoms with Crippen LogP contribution in [0, 0.1) is 5.92 Å². The normalized spacial score (nSPS) is 20.8. The van der Waals surface area contributed by atoms with Gasteiger partial charge in [-0.2, -0.15) is 4.98 Å². The van der Waals surface area contributed by atoms with Gasteiger partial charge in [0.05, 0.1) is 0 Å². The van der Waals surface area contributed by atoms with Gasteiger partial charge < -0.3 is 10.2 Å². The summed E-state index contributed by atoms with van der Waals surface area (Å²) in [5.41, 5.74) is 0. The van der Waals surface area contributed by atoms with Crippen LogP contribution in [0.2, 0.25) is 0 Å². The number of nitrogens with zero attached hydrogens (tertiary/aromatic N) is 3. The third-order valence-electron chi connectivity index (χ3n) is 4.27. The van der Waals surface area contributed by atoms with E-state index >= 15 is 0 Å². The van der Waals surface area contributed by atoms with Gasteiger partial charge >= 0.3 is 0 Å². The molecule has 1 aliphatic heterocycles. The molecule has 0 radical (unpaired) electrons. The molecule has 2 rings (SSSR count). The molecule has 1 aromatic rings. The first-order chi connectivity index (χ1) is 9.75. The number of hydrogen-bond donors (Lipinski definition) is 2. The van der Waals surface area contributed by atoms with Crippen molar-refractivity contribution in [2.24, 2.45) is 5.92 Å². The van der Waals surface area contributed by atoms with Crippen LogP contribution in [-0.2, 0) is 14.6 Å². The van der Waals surface area contributed by atoms with E-state index in [-0.39, 0.29) is 0 Å². The maximum Gasteiger partial charge on any atom is 0.244 e. The Morgan fingerprint density at radius 1 is 1.48 bits per heavy atom. The fraction of sp³-hybridized carbons (Fsp3) is 0.846. The highest BCUT2D eigenvalue weighted by Crippen LogP contribution is 2.28. The molecule has 21 heavy (non-hydrogen) atoms. The van der Waals surface area contributed by atoms with Crippen molar-refractivity contribution in [2.75, 3.05) is 37.8 Å². The van der Waals surface area contributed by atoms with Crippen LogP contribution in [0.15, 0.2) is 0 Å². The van der Waals surface area contributed by atoms with Crippen LogP contribution in [0.25, 0.3) is 0 Å². The predicted molar refractivity (Wildman–Crippen MR) is 83.1 cm³/mol. The van der Waals surface area contributed by atoms with Crippen molar-refractivity contribution in [3.8, 4) is 0 Å². The van der Waals surface area contributed by atoms with Gasteiger partial charge in [-0.15, -0.1) is 5.10 Å². The quantitative estimate of drug-likeness (QED) is 0.823. The van der Waals surface area contributed by atoms with Crippen LogP contribution in [0.4, 0.5) is 5.95 Å². The standard InChI is InChI=1S/C13H25N5O2S/c1-13(2,21(4,19)20)11-15-12(17-16-11)18-7-5-6-10(9-18)8-14-3/h10,14H,5-9H2,1-4H3,(H,15,16,17). The highest BCUT2D eigenvalue weighted by Gasteiger charge is 2.36. The minimum atomic E-state index is -3.25. The maximum atomic E-state index is 11.9. The lowest BCUT2D eigenvalue weighted by molar-refractivity contribution is 0.399. The first-order valence-corrected chi connectivity index (χ1v) is 9.17. The fourth-order valence-electron chi connectivity index (χ4n) is 2.54. The first kappa shape index (κ1) is 16.2. The largest absolute Gasteiger partial charge is 0.339 e. The van der Waals surface area contributed by atoms with Crippen molar-refractivity contribution in [3.05, 3.63) is 5.82 Å². The van der Waals surface area contributed by atoms with Crippen LogP contribution in [-0.4, -0.2) is 56.5 Å². The van der Waals surface area contributed by atoms with E-state index in [0.29, 0.717) is 17.7 Å². The van der Waals surface area contributed by atoms with Crippen molar-refractivity contribution < 1.29 is 8.42 Å². The molecule has 1 unspecified atom stereocenters. The number of piperidine rings is 1. The molecular weight excluding hydrogens is 290 g/mol. The molecule has 0 aromatic carbocycles. The number of sulfone groups is 1. The number of aromatic nitrogens is 3. The van der Waals surface area contributed by atoms with Crippen LogP contribution in [0.1, 0.15) is 32.5 Å². The average molecular weight is 315 g/mol. The van der Waals surface area contributed by atoms with E-state index in [4.69, 9.17) is 0 Å². The van der Waals surface area contributed by atoms with Gasteiger partial charge in [0.25, 0.3) is 0 Å². The Bertz CT molecular complexity index is 579. The topological polar surface area (TPSA) is 91.0 Å². The van der Waals surface area contributed by atoms with E-state index in [9.17, 15) is 8.42 Å². The molecule has 0 spiro atoms. The average Bonchev–Trinajstić information content (AvgIpc) is 2.88. The van der Waals surface area contributed by atoms with E-state index < -0.39 is 14.6 Å². The molecule has 1 aromatic heterocycles. The summed E-state index contributed by atoms with van der Waals surface area (Å²) in [6.45, 7) is 6.08. The number of rotatable bonds is 5. The molecule has 1 fully saturated rings. The molecule has 0 saturated carbocycles. The van der Waals surface area contributed by atoms with Gasteiger partial charge in [-0.05, 0) is 46.2 Å². The van der Waals surface area contributed by atoms with Gasteiger partial charge in [0.2, 0.25) is 5.95 Å². The third kappa shape index (κ3) is 3.37. The second kappa shape index (κ2) is 5.92. The summed E-state index contributed by atoms with van der Waals surface area (Å²) in [4.78, 5) is 6.56. The first-order valence-electron chi connectivity index (χ1n) is 7.27. The Balaban J connectivity index is 2.16. The number of aromatic amines is 1. The number of nitrogens with one attached hydrogen (secondary N) is 2. The van der Waals surface area contributed by atoms with Crippen LogP contribution < -0.4 is 10.2 Å². The zero-order chi connectivity index (χ0) is 15.7. The van der Waals surface area contributed by atoms with Crippen molar-refractivity contribution in [2.45, 2.75) is 31.4 Å². The molecule has 1 aliphatic rings. The molecule has 2 heterocycles. The van der Waals surface area contributed by atoms with Crippen molar-refractivity contribution in [1.29, 1.82) is 0 Å². The van der Waals surface area contributed by atoms with Crippen LogP contribution in [0.5, 0.6) is 0 Å². The van der Waals surface area contributed by atoms with Gasteiger partial charge in [-0.3, -0.25) is 5.10 Å². The molecule has 8 heteroatoms. The second-order valence-electron chi connectivity index (χ2n) is 6.28. The molecule has 1 atom stereocenters. The molecule has 7 nitrogen and oxygen atoms in total. The second-order valence-corrected chi connectivity index (χ2v) is 8.84. The monoisotopic (exact) mass is 315 g/mol. The van der Waals surface area contributed by atoms with Gasteiger partial charge in [0.1, 0.15) is 10.6 Å². The number of hydrogen-bond acceptors (Lipinski definition) is 6. The summed E-state index contributed by atoms with van der Waals surface area (Å²) < 4.78 is 22.7. The van der Waals surface area contributed by atoms with Gasteiger partial charge in [0, 0.05) is 19.3 Å². The lowest BCUT2D eigenvalue weighted by Crippen LogP contribution is -2.39. The van der Waals surface area contributed by atoms with Gasteiger partial charge in [-0.25, -0.2) is 8.42 Å². The lowest BCUT2D eigenvalue weighted by Gasteiger charge is -2.31. The molecule has 0 amide bonds. The Labute approximate surface area is 126 Å². The highest BCUT2D eigenvalue weighted by molar-refractivity contribution is 7.91. The van der Waals surface area contributed by atoms with E-state index in [1.807, 2.05) is 7.05 Å². The molecule has 120 valence electrons. The predicted octanol–water partition coefficient (Wildman–Crippen LogP) is 0.520. The fourth-order valence-corrected chi connectivity index (χ4v) is 2.98. The highest BCUT2D eigenvalue weighted by atomic mass is 32.2. The smallest absolute Gasteiger partial charge is 0.244 e. The zero-order valence-electron chi connectivity index (χ0n) is 13.2. The molecule has 1 saturated heterocycles. The summed E-state index contributed by atoms with van der Waals surface area (Å²) in [6.07, 6.45) is 3.52. The number of H-pyrrole nitrogens is 1. The summed E-state index contributed by atoms with van der Waals surface area (Å²) in [5.74, 6) is 1.58. The summed E-state index contributed by atoms with van der Waals surface area (Å²) in [7, 11) is -1.30. The maximum absolute atomic E-state index is 11.9. The minimum Gasteiger partial charge on any atom is -0.339 e. The summed E-state index contributed by atoms with van der Waals surface area (Å²) in [6, 6.07) is 0. The van der Waals surface area contributed by atoms with E-state index in [1.54, 1.807) is 13.8 Å².